The standard InChI is InChI=1S/C60H79N3O11/c1-3-5-6-7-8-9-10-11-12-23-57(67)62(32-37-70-38-35-66)56-42-54(61-72-43-44-24-27-48(28-25-44)63(68)69)52-40-47(21-15-17-33-64)51(22-16-18-34-65)58-53-41-50(73-49-29-26-45-19-13-14-20-46(45)39-49)30-31-55(53)74-60(56,59(52)58)71-36-4-2/h4,13-14,19-20,24-31,39-41,47,51,56,58-59,64-66H,2-3,5-12,15-18,21-23,32-38,42-43H2,1H3. The van der Waals surface area contributed by atoms with E-state index in [1.54, 1.807) is 18.2 Å². The fourth-order valence-corrected chi connectivity index (χ4v) is 11.5. The van der Waals surface area contributed by atoms with Crippen LogP contribution in [0, 0.1) is 27.9 Å². The van der Waals surface area contributed by atoms with Crippen LogP contribution in [-0.2, 0) is 25.7 Å². The van der Waals surface area contributed by atoms with Crippen molar-refractivity contribution in [3.05, 3.63) is 130 Å². The summed E-state index contributed by atoms with van der Waals surface area (Å²) in [7, 11) is 0. The molecule has 6 atom stereocenters. The van der Waals surface area contributed by atoms with E-state index in [4.69, 9.17) is 28.9 Å². The van der Waals surface area contributed by atoms with Crippen LogP contribution in [-0.4, -0.2) is 94.8 Å². The van der Waals surface area contributed by atoms with Gasteiger partial charge in [0.05, 0.1) is 43.0 Å². The number of carbonyl (C=O) groups excluding carboxylic acids is 1. The van der Waals surface area contributed by atoms with Crippen LogP contribution in [0.2, 0.25) is 0 Å². The topological polar surface area (TPSA) is 183 Å². The van der Waals surface area contributed by atoms with E-state index in [-0.39, 0.29) is 88.6 Å². The minimum atomic E-state index is -1.47. The van der Waals surface area contributed by atoms with E-state index in [0.29, 0.717) is 47.8 Å². The smallest absolute Gasteiger partial charge is 0.269 e. The summed E-state index contributed by atoms with van der Waals surface area (Å²) in [6.45, 7) is 6.93. The molecule has 3 N–H and O–H groups in total. The molecule has 2 aliphatic carbocycles. The van der Waals surface area contributed by atoms with Crippen LogP contribution in [0.1, 0.15) is 133 Å². The molecule has 1 amide bonds. The number of aliphatic hydroxyl groups excluding tert-OH is 3. The van der Waals surface area contributed by atoms with Gasteiger partial charge in [0.15, 0.2) is 0 Å². The molecule has 4 aromatic carbocycles. The molecule has 400 valence electrons. The van der Waals surface area contributed by atoms with Crippen molar-refractivity contribution in [1.29, 1.82) is 0 Å². The van der Waals surface area contributed by atoms with Crippen LogP contribution in [0.5, 0.6) is 17.2 Å². The van der Waals surface area contributed by atoms with Crippen LogP contribution in [0.3, 0.4) is 0 Å². The zero-order chi connectivity index (χ0) is 52.1. The van der Waals surface area contributed by atoms with Gasteiger partial charge in [0, 0.05) is 56.2 Å². The van der Waals surface area contributed by atoms with E-state index < -0.39 is 22.7 Å². The SMILES string of the molecule is C=CCOC12Oc3ccc(Oc4ccc5ccccc5c4)cc3C3C(CCCCO)C(CCCCO)C=C(C(=NOCc4ccc([N+](=O)[O-])cc4)CC1N(CCOCCO)C(=O)CCCCCCCCCCC)C32. The van der Waals surface area contributed by atoms with Gasteiger partial charge >= 0.3 is 0 Å². The molecule has 6 unspecified atom stereocenters. The van der Waals surface area contributed by atoms with E-state index in [1.807, 2.05) is 47.4 Å². The quantitative estimate of drug-likeness (QED) is 0.0179. The largest absolute Gasteiger partial charge is 0.459 e. The number of amides is 1. The van der Waals surface area contributed by atoms with Crippen LogP contribution in [0.4, 0.5) is 5.69 Å². The first kappa shape index (κ1) is 56.1. The fraction of sp³-hybridized carbons (Fsp3) is 0.533. The Morgan fingerprint density at radius 1 is 0.838 bits per heavy atom. The molecular weight excluding hydrogens is 939 g/mol. The highest BCUT2D eigenvalue weighted by Crippen LogP contribution is 2.62. The van der Waals surface area contributed by atoms with Crippen molar-refractivity contribution < 1.29 is 48.8 Å². The number of aliphatic hydroxyl groups is 3. The number of nitrogens with zero attached hydrogens (tertiary/aromatic N) is 3. The van der Waals surface area contributed by atoms with Gasteiger partial charge in [-0.05, 0) is 108 Å². The number of oxime groups is 1. The second-order valence-corrected chi connectivity index (χ2v) is 20.1. The summed E-state index contributed by atoms with van der Waals surface area (Å²) in [4.78, 5) is 34.3. The van der Waals surface area contributed by atoms with Gasteiger partial charge in [0.2, 0.25) is 11.7 Å². The number of non-ortho nitro benzene ring substituents is 1. The highest BCUT2D eigenvalue weighted by atomic mass is 16.7. The first-order valence-corrected chi connectivity index (χ1v) is 27.3. The van der Waals surface area contributed by atoms with Crippen molar-refractivity contribution in [2.45, 2.75) is 140 Å². The van der Waals surface area contributed by atoms with Gasteiger partial charge in [-0.2, -0.15) is 0 Å². The summed E-state index contributed by atoms with van der Waals surface area (Å²) in [6.07, 6.45) is 18.9. The third kappa shape index (κ3) is 14.4. The Labute approximate surface area is 437 Å². The first-order chi connectivity index (χ1) is 36.2. The Balaban J connectivity index is 1.35. The lowest BCUT2D eigenvalue weighted by Gasteiger charge is -2.60. The van der Waals surface area contributed by atoms with E-state index in [1.165, 1.54) is 44.2 Å². The van der Waals surface area contributed by atoms with Crippen molar-refractivity contribution in [2.24, 2.45) is 22.9 Å². The highest BCUT2D eigenvalue weighted by Gasteiger charge is 2.65. The number of hydrogen-bond acceptors (Lipinski definition) is 12. The van der Waals surface area contributed by atoms with Gasteiger partial charge in [0.25, 0.3) is 5.69 Å². The lowest BCUT2D eigenvalue weighted by molar-refractivity contribution is -0.384. The van der Waals surface area contributed by atoms with Crippen molar-refractivity contribution >= 4 is 28.1 Å². The molecule has 7 rings (SSSR count). The average molecular weight is 1020 g/mol. The Kier molecular flexibility index (Phi) is 21.9. The maximum Gasteiger partial charge on any atom is 0.269 e. The summed E-state index contributed by atoms with van der Waals surface area (Å²) >= 11 is 0. The second-order valence-electron chi connectivity index (χ2n) is 20.1. The van der Waals surface area contributed by atoms with Gasteiger partial charge in [0.1, 0.15) is 29.9 Å². The lowest BCUT2D eigenvalue weighted by atomic mass is 9.55. The first-order valence-electron chi connectivity index (χ1n) is 27.3. The van der Waals surface area contributed by atoms with E-state index in [0.717, 1.165) is 73.3 Å². The molecule has 0 aromatic heterocycles. The molecule has 1 fully saturated rings. The van der Waals surface area contributed by atoms with Gasteiger partial charge in [-0.1, -0.05) is 119 Å². The van der Waals surface area contributed by atoms with Gasteiger partial charge in [-0.25, -0.2) is 0 Å². The third-order valence-electron chi connectivity index (χ3n) is 15.1. The van der Waals surface area contributed by atoms with Crippen LogP contribution in [0.25, 0.3) is 10.8 Å². The molecule has 0 bridgehead atoms. The molecule has 1 aliphatic heterocycles. The average Bonchev–Trinajstić information content (AvgIpc) is 3.41. The Bertz CT molecular complexity index is 2480. The molecule has 14 heteroatoms. The summed E-state index contributed by atoms with van der Waals surface area (Å²) in [5.41, 5.74) is 3.14. The molecule has 3 aliphatic rings. The van der Waals surface area contributed by atoms with Crippen molar-refractivity contribution in [3.63, 3.8) is 0 Å². The monoisotopic (exact) mass is 1020 g/mol. The zero-order valence-corrected chi connectivity index (χ0v) is 43.5. The molecule has 0 spiro atoms. The minimum absolute atomic E-state index is 0.000641. The van der Waals surface area contributed by atoms with E-state index in [2.05, 4.69) is 37.8 Å². The number of benzene rings is 4. The summed E-state index contributed by atoms with van der Waals surface area (Å²) in [6, 6.07) is 25.6. The normalized spacial score (nSPS) is 21.3. The minimum Gasteiger partial charge on any atom is -0.459 e. The van der Waals surface area contributed by atoms with Crippen molar-refractivity contribution in [2.75, 3.05) is 46.2 Å². The molecule has 1 heterocycles. The van der Waals surface area contributed by atoms with Crippen LogP contribution < -0.4 is 9.47 Å². The van der Waals surface area contributed by atoms with Gasteiger partial charge in [-0.15, -0.1) is 6.58 Å². The lowest BCUT2D eigenvalue weighted by Crippen LogP contribution is -2.70. The van der Waals surface area contributed by atoms with Crippen molar-refractivity contribution in [3.8, 4) is 17.2 Å². The number of nitro benzene ring substituents is 1. The Hall–Kier alpha value is -5.64. The molecule has 14 nitrogen and oxygen atoms in total. The van der Waals surface area contributed by atoms with E-state index >= 15 is 4.79 Å². The number of carbonyl (C=O) groups is 1. The number of rotatable bonds is 33. The number of ether oxygens (including phenoxy) is 4. The van der Waals surface area contributed by atoms with Crippen LogP contribution in [0.15, 0.2) is 114 Å². The predicted octanol–water partition coefficient (Wildman–Crippen LogP) is 12.1. The fourth-order valence-electron chi connectivity index (χ4n) is 11.5. The van der Waals surface area contributed by atoms with E-state index in [9.17, 15) is 25.4 Å². The summed E-state index contributed by atoms with van der Waals surface area (Å²) < 4.78 is 27.3. The maximum atomic E-state index is 15.1. The number of nitro groups is 1. The molecule has 0 saturated heterocycles. The Morgan fingerprint density at radius 3 is 2.26 bits per heavy atom. The van der Waals surface area contributed by atoms with Gasteiger partial charge < -0.3 is 44.0 Å². The molecule has 0 radical (unpaired) electrons. The highest BCUT2D eigenvalue weighted by molar-refractivity contribution is 6.03. The second kappa shape index (κ2) is 28.9. The molecule has 1 saturated carbocycles. The van der Waals surface area contributed by atoms with Gasteiger partial charge in [-0.3, -0.25) is 14.9 Å². The summed E-state index contributed by atoms with van der Waals surface area (Å²) in [5.74, 6) is -0.389. The predicted molar refractivity (Wildman–Crippen MR) is 288 cm³/mol. The third-order valence-corrected chi connectivity index (χ3v) is 15.1. The van der Waals surface area contributed by atoms with Crippen LogP contribution >= 0.6 is 0 Å². The molecule has 74 heavy (non-hydrogen) atoms. The summed E-state index contributed by atoms with van der Waals surface area (Å²) in [5, 5.41) is 48.5. The number of unbranched alkanes of at least 4 members (excludes halogenated alkanes) is 10. The van der Waals surface area contributed by atoms with Crippen molar-refractivity contribution in [1.82, 2.24) is 4.90 Å². The Morgan fingerprint density at radius 2 is 1.54 bits per heavy atom. The number of hydrogen-bond donors (Lipinski definition) is 3. The zero-order valence-electron chi connectivity index (χ0n) is 43.5. The maximum absolute atomic E-state index is 15.1. The number of fused-ring (bicyclic) bond motifs is 3. The molecule has 4 aromatic rings. The number of allylic oxidation sites excluding steroid dienone is 1. The molecular formula is C60H79N3O11.